The van der Waals surface area contributed by atoms with Gasteiger partial charge in [-0.05, 0) is 43.4 Å². The molecule has 0 saturated carbocycles. The van der Waals surface area contributed by atoms with Crippen molar-refractivity contribution in [2.24, 2.45) is 5.73 Å². The molecule has 1 rings (SSSR count). The minimum Gasteiger partial charge on any atom is -0.490 e. The van der Waals surface area contributed by atoms with Crippen molar-refractivity contribution in [2.45, 2.75) is 58.6 Å². The first-order valence-electron chi connectivity index (χ1n) is 7.95. The molecule has 4 heteroatoms. The molecule has 1 aromatic carbocycles. The van der Waals surface area contributed by atoms with Gasteiger partial charge in [0.1, 0.15) is 0 Å². The molecule has 21 heavy (non-hydrogen) atoms. The van der Waals surface area contributed by atoms with Crippen LogP contribution in [-0.4, -0.2) is 24.4 Å². The lowest BCUT2D eigenvalue weighted by Crippen LogP contribution is -2.21. The summed E-state index contributed by atoms with van der Waals surface area (Å²) in [5, 5.41) is 10.3. The van der Waals surface area contributed by atoms with Crippen LogP contribution in [0.5, 0.6) is 11.5 Å². The summed E-state index contributed by atoms with van der Waals surface area (Å²) < 4.78 is 11.4. The molecular weight excluding hydrogens is 266 g/mol. The average Bonchev–Trinajstić information content (AvgIpc) is 2.50. The third-order valence-corrected chi connectivity index (χ3v) is 3.33. The first kappa shape index (κ1) is 17.8. The molecule has 0 aliphatic heterocycles. The highest BCUT2D eigenvalue weighted by Crippen LogP contribution is 2.32. The lowest BCUT2D eigenvalue weighted by atomic mass is 10.0. The van der Waals surface area contributed by atoms with Crippen molar-refractivity contribution < 1.29 is 14.6 Å². The standard InChI is InChI=1S/C17H29NO3/c1-4-9-20-16-8-7-13(11-17(16)21-10-5-2)15(19)12-14(18)6-3/h7-8,11,14-15,19H,4-6,9-10,12,18H2,1-3H3. The van der Waals surface area contributed by atoms with E-state index >= 15 is 0 Å². The molecule has 0 spiro atoms. The third kappa shape index (κ3) is 5.94. The van der Waals surface area contributed by atoms with Gasteiger partial charge in [-0.15, -0.1) is 0 Å². The molecule has 0 fully saturated rings. The van der Waals surface area contributed by atoms with E-state index in [0.717, 1.165) is 30.6 Å². The number of nitrogens with two attached hydrogens (primary N) is 1. The van der Waals surface area contributed by atoms with Crippen molar-refractivity contribution in [3.63, 3.8) is 0 Å². The molecule has 0 heterocycles. The molecule has 0 saturated heterocycles. The Bertz CT molecular complexity index is 409. The fourth-order valence-electron chi connectivity index (χ4n) is 1.98. The smallest absolute Gasteiger partial charge is 0.161 e. The maximum Gasteiger partial charge on any atom is 0.161 e. The summed E-state index contributed by atoms with van der Waals surface area (Å²) >= 11 is 0. The Morgan fingerprint density at radius 2 is 1.67 bits per heavy atom. The summed E-state index contributed by atoms with van der Waals surface area (Å²) in [5.41, 5.74) is 6.74. The lowest BCUT2D eigenvalue weighted by Gasteiger charge is -2.18. The van der Waals surface area contributed by atoms with Gasteiger partial charge in [0.25, 0.3) is 0 Å². The zero-order valence-corrected chi connectivity index (χ0v) is 13.5. The van der Waals surface area contributed by atoms with E-state index in [-0.39, 0.29) is 6.04 Å². The van der Waals surface area contributed by atoms with E-state index in [4.69, 9.17) is 15.2 Å². The Balaban J connectivity index is 2.86. The SMILES string of the molecule is CCCOc1ccc(C(O)CC(N)CC)cc1OCCC. The zero-order valence-electron chi connectivity index (χ0n) is 13.5. The highest BCUT2D eigenvalue weighted by molar-refractivity contribution is 5.43. The number of aliphatic hydroxyl groups excluding tert-OH is 1. The summed E-state index contributed by atoms with van der Waals surface area (Å²) in [6, 6.07) is 5.64. The van der Waals surface area contributed by atoms with Crippen molar-refractivity contribution in [1.82, 2.24) is 0 Å². The van der Waals surface area contributed by atoms with E-state index < -0.39 is 6.10 Å². The second kappa shape index (κ2) is 9.64. The summed E-state index contributed by atoms with van der Waals surface area (Å²) in [7, 11) is 0. The van der Waals surface area contributed by atoms with Gasteiger partial charge in [0, 0.05) is 6.04 Å². The van der Waals surface area contributed by atoms with Crippen molar-refractivity contribution in [2.75, 3.05) is 13.2 Å². The molecule has 2 unspecified atom stereocenters. The van der Waals surface area contributed by atoms with Crippen molar-refractivity contribution in [3.8, 4) is 11.5 Å². The molecule has 0 aromatic heterocycles. The van der Waals surface area contributed by atoms with E-state index in [0.29, 0.717) is 25.4 Å². The van der Waals surface area contributed by atoms with Crippen LogP contribution in [0.1, 0.15) is 58.1 Å². The Morgan fingerprint density at radius 1 is 1.05 bits per heavy atom. The fraction of sp³-hybridized carbons (Fsp3) is 0.647. The molecule has 2 atom stereocenters. The highest BCUT2D eigenvalue weighted by Gasteiger charge is 2.15. The first-order valence-corrected chi connectivity index (χ1v) is 7.95. The summed E-state index contributed by atoms with van der Waals surface area (Å²) in [4.78, 5) is 0. The molecule has 0 radical (unpaired) electrons. The summed E-state index contributed by atoms with van der Waals surface area (Å²) in [5.74, 6) is 1.44. The Hall–Kier alpha value is -1.26. The van der Waals surface area contributed by atoms with E-state index in [2.05, 4.69) is 13.8 Å². The van der Waals surface area contributed by atoms with Gasteiger partial charge >= 0.3 is 0 Å². The van der Waals surface area contributed by atoms with E-state index in [1.54, 1.807) is 0 Å². The third-order valence-electron chi connectivity index (χ3n) is 3.33. The fourth-order valence-corrected chi connectivity index (χ4v) is 1.98. The van der Waals surface area contributed by atoms with Crippen LogP contribution in [0.2, 0.25) is 0 Å². The van der Waals surface area contributed by atoms with Crippen LogP contribution < -0.4 is 15.2 Å². The molecule has 0 aliphatic rings. The quantitative estimate of drug-likeness (QED) is 0.694. The first-order chi connectivity index (χ1) is 10.1. The molecule has 3 N–H and O–H groups in total. The molecule has 0 bridgehead atoms. The second-order valence-electron chi connectivity index (χ2n) is 5.32. The molecule has 0 aliphatic carbocycles. The molecule has 0 amide bonds. The predicted octanol–water partition coefficient (Wildman–Crippen LogP) is 3.43. The van der Waals surface area contributed by atoms with Crippen LogP contribution in [0.3, 0.4) is 0 Å². The van der Waals surface area contributed by atoms with Crippen LogP contribution in [0.25, 0.3) is 0 Å². The minimum atomic E-state index is -0.566. The van der Waals surface area contributed by atoms with E-state index in [9.17, 15) is 5.11 Å². The van der Waals surface area contributed by atoms with Gasteiger partial charge in [-0.2, -0.15) is 0 Å². The van der Waals surface area contributed by atoms with Crippen LogP contribution in [-0.2, 0) is 0 Å². The molecular formula is C17H29NO3. The Kier molecular flexibility index (Phi) is 8.16. The predicted molar refractivity (Wildman–Crippen MR) is 85.9 cm³/mol. The molecule has 4 nitrogen and oxygen atoms in total. The van der Waals surface area contributed by atoms with Crippen LogP contribution in [0.15, 0.2) is 18.2 Å². The van der Waals surface area contributed by atoms with Crippen LogP contribution >= 0.6 is 0 Å². The number of hydrogen-bond donors (Lipinski definition) is 2. The number of ether oxygens (including phenoxy) is 2. The second-order valence-corrected chi connectivity index (χ2v) is 5.32. The molecule has 120 valence electrons. The number of hydrogen-bond acceptors (Lipinski definition) is 4. The van der Waals surface area contributed by atoms with Crippen molar-refractivity contribution >= 4 is 0 Å². The average molecular weight is 295 g/mol. The molecule has 1 aromatic rings. The van der Waals surface area contributed by atoms with Crippen molar-refractivity contribution in [3.05, 3.63) is 23.8 Å². The maximum absolute atomic E-state index is 10.3. The van der Waals surface area contributed by atoms with Gasteiger partial charge in [-0.3, -0.25) is 0 Å². The zero-order chi connectivity index (χ0) is 15.7. The maximum atomic E-state index is 10.3. The van der Waals surface area contributed by atoms with E-state index in [1.165, 1.54) is 0 Å². The Labute approximate surface area is 128 Å². The van der Waals surface area contributed by atoms with E-state index in [1.807, 2.05) is 25.1 Å². The van der Waals surface area contributed by atoms with Crippen LogP contribution in [0, 0.1) is 0 Å². The van der Waals surface area contributed by atoms with Gasteiger partial charge in [0.2, 0.25) is 0 Å². The lowest BCUT2D eigenvalue weighted by molar-refractivity contribution is 0.156. The number of rotatable bonds is 10. The largest absolute Gasteiger partial charge is 0.490 e. The highest BCUT2D eigenvalue weighted by atomic mass is 16.5. The van der Waals surface area contributed by atoms with Gasteiger partial charge in [-0.1, -0.05) is 26.8 Å². The van der Waals surface area contributed by atoms with Crippen molar-refractivity contribution in [1.29, 1.82) is 0 Å². The van der Waals surface area contributed by atoms with Crippen LogP contribution in [0.4, 0.5) is 0 Å². The summed E-state index contributed by atoms with van der Waals surface area (Å²) in [6.45, 7) is 7.44. The van der Waals surface area contributed by atoms with Gasteiger partial charge in [0.15, 0.2) is 11.5 Å². The number of benzene rings is 1. The Morgan fingerprint density at radius 3 is 2.24 bits per heavy atom. The number of aliphatic hydroxyl groups is 1. The minimum absolute atomic E-state index is 0.0102. The van der Waals surface area contributed by atoms with Gasteiger partial charge in [-0.25, -0.2) is 0 Å². The monoisotopic (exact) mass is 295 g/mol. The topological polar surface area (TPSA) is 64.7 Å². The van der Waals surface area contributed by atoms with Gasteiger partial charge in [0.05, 0.1) is 19.3 Å². The van der Waals surface area contributed by atoms with Gasteiger partial charge < -0.3 is 20.3 Å². The summed E-state index contributed by atoms with van der Waals surface area (Å²) in [6.07, 6.45) is 2.72. The normalized spacial score (nSPS) is 13.8.